The highest BCUT2D eigenvalue weighted by Gasteiger charge is 2.08. The number of benzene rings is 2. The second-order valence-corrected chi connectivity index (χ2v) is 4.77. The normalized spacial score (nSPS) is 10.2. The van der Waals surface area contributed by atoms with Gasteiger partial charge >= 0.3 is 5.97 Å². The van der Waals surface area contributed by atoms with E-state index in [2.05, 4.69) is 15.9 Å². The Balaban J connectivity index is 2.10. The first-order chi connectivity index (χ1) is 9.06. The maximum absolute atomic E-state index is 13.6. The molecule has 0 bridgehead atoms. The number of carboxylic acids is 1. The van der Waals surface area contributed by atoms with E-state index in [1.165, 1.54) is 12.1 Å². The molecule has 0 saturated carbocycles. The molecule has 3 nitrogen and oxygen atoms in total. The Labute approximate surface area is 117 Å². The van der Waals surface area contributed by atoms with Crippen LogP contribution in [-0.2, 0) is 6.61 Å². The van der Waals surface area contributed by atoms with E-state index >= 15 is 0 Å². The standard InChI is InChI=1S/C14H10BrFO3/c15-11-2-1-3-12(7-11)19-8-10-5-4-9(14(17)18)6-13(10)16/h1-7H,8H2,(H,17,18). The number of hydrogen-bond donors (Lipinski definition) is 1. The van der Waals surface area contributed by atoms with Crippen LogP contribution in [0.2, 0.25) is 0 Å². The maximum atomic E-state index is 13.6. The molecule has 2 aromatic rings. The Morgan fingerprint density at radius 2 is 2.05 bits per heavy atom. The third-order valence-corrected chi connectivity index (χ3v) is 2.98. The monoisotopic (exact) mass is 324 g/mol. The minimum absolute atomic E-state index is 0.0438. The molecule has 0 aliphatic rings. The van der Waals surface area contributed by atoms with Crippen molar-refractivity contribution in [2.75, 3.05) is 0 Å². The van der Waals surface area contributed by atoms with Gasteiger partial charge < -0.3 is 9.84 Å². The molecule has 2 aromatic carbocycles. The van der Waals surface area contributed by atoms with Crippen molar-refractivity contribution in [3.05, 3.63) is 63.9 Å². The topological polar surface area (TPSA) is 46.5 Å². The molecule has 0 unspecified atom stereocenters. The first-order valence-corrected chi connectivity index (χ1v) is 6.25. The van der Waals surface area contributed by atoms with Crippen molar-refractivity contribution in [2.45, 2.75) is 6.61 Å². The van der Waals surface area contributed by atoms with Crippen molar-refractivity contribution in [3.63, 3.8) is 0 Å². The van der Waals surface area contributed by atoms with Gasteiger partial charge in [-0.25, -0.2) is 9.18 Å². The summed E-state index contributed by atoms with van der Waals surface area (Å²) in [6.07, 6.45) is 0. The number of carboxylic acid groups (broad SMARTS) is 1. The fourth-order valence-electron chi connectivity index (χ4n) is 1.52. The molecular weight excluding hydrogens is 315 g/mol. The summed E-state index contributed by atoms with van der Waals surface area (Å²) in [5.41, 5.74) is 0.230. The van der Waals surface area contributed by atoms with E-state index < -0.39 is 11.8 Å². The van der Waals surface area contributed by atoms with E-state index in [-0.39, 0.29) is 12.2 Å². The SMILES string of the molecule is O=C(O)c1ccc(COc2cccc(Br)c2)c(F)c1. The molecule has 0 fully saturated rings. The molecule has 0 aromatic heterocycles. The predicted octanol–water partition coefficient (Wildman–Crippen LogP) is 3.87. The summed E-state index contributed by atoms with van der Waals surface area (Å²) in [5, 5.41) is 8.74. The van der Waals surface area contributed by atoms with Crippen molar-refractivity contribution >= 4 is 21.9 Å². The van der Waals surface area contributed by atoms with Crippen molar-refractivity contribution in [3.8, 4) is 5.75 Å². The highest BCUT2D eigenvalue weighted by Crippen LogP contribution is 2.20. The number of rotatable bonds is 4. The van der Waals surface area contributed by atoms with Crippen LogP contribution in [0.5, 0.6) is 5.75 Å². The van der Waals surface area contributed by atoms with E-state index in [4.69, 9.17) is 9.84 Å². The van der Waals surface area contributed by atoms with Gasteiger partial charge in [-0.1, -0.05) is 28.1 Å². The largest absolute Gasteiger partial charge is 0.489 e. The summed E-state index contributed by atoms with van der Waals surface area (Å²) in [4.78, 5) is 10.7. The lowest BCUT2D eigenvalue weighted by Gasteiger charge is -2.08. The average molecular weight is 325 g/mol. The first-order valence-electron chi connectivity index (χ1n) is 5.46. The molecule has 0 atom stereocenters. The second kappa shape index (κ2) is 5.84. The second-order valence-electron chi connectivity index (χ2n) is 3.86. The van der Waals surface area contributed by atoms with Crippen molar-refractivity contribution in [2.24, 2.45) is 0 Å². The van der Waals surface area contributed by atoms with E-state index in [0.717, 1.165) is 10.5 Å². The molecule has 19 heavy (non-hydrogen) atoms. The van der Waals surface area contributed by atoms with Crippen LogP contribution in [0.15, 0.2) is 46.9 Å². The third kappa shape index (κ3) is 3.54. The van der Waals surface area contributed by atoms with Gasteiger partial charge in [-0.15, -0.1) is 0 Å². The molecule has 5 heteroatoms. The van der Waals surface area contributed by atoms with Crippen LogP contribution in [-0.4, -0.2) is 11.1 Å². The van der Waals surface area contributed by atoms with Gasteiger partial charge in [0.2, 0.25) is 0 Å². The van der Waals surface area contributed by atoms with Crippen LogP contribution in [0.3, 0.4) is 0 Å². The van der Waals surface area contributed by atoms with Gasteiger partial charge in [0, 0.05) is 10.0 Å². The average Bonchev–Trinajstić information content (AvgIpc) is 2.37. The molecular formula is C14H10BrFO3. The number of hydrogen-bond acceptors (Lipinski definition) is 2. The quantitative estimate of drug-likeness (QED) is 0.928. The zero-order valence-corrected chi connectivity index (χ0v) is 11.4. The smallest absolute Gasteiger partial charge is 0.335 e. The minimum Gasteiger partial charge on any atom is -0.489 e. The number of aromatic carboxylic acids is 1. The van der Waals surface area contributed by atoms with Crippen LogP contribution in [0.4, 0.5) is 4.39 Å². The lowest BCUT2D eigenvalue weighted by atomic mass is 10.1. The molecule has 0 aliphatic carbocycles. The molecule has 1 N–H and O–H groups in total. The Kier molecular flexibility index (Phi) is 4.16. The summed E-state index contributed by atoms with van der Waals surface area (Å²) in [6.45, 7) is 0.0438. The lowest BCUT2D eigenvalue weighted by molar-refractivity contribution is 0.0696. The molecule has 0 saturated heterocycles. The summed E-state index contributed by atoms with van der Waals surface area (Å²) in [6, 6.07) is 10.9. The first kappa shape index (κ1) is 13.5. The van der Waals surface area contributed by atoms with Crippen LogP contribution in [0.1, 0.15) is 15.9 Å². The van der Waals surface area contributed by atoms with Crippen LogP contribution in [0, 0.1) is 5.82 Å². The Hall–Kier alpha value is -1.88. The van der Waals surface area contributed by atoms with Crippen molar-refractivity contribution in [1.82, 2.24) is 0 Å². The number of halogens is 2. The molecule has 0 radical (unpaired) electrons. The third-order valence-electron chi connectivity index (χ3n) is 2.49. The predicted molar refractivity (Wildman–Crippen MR) is 71.8 cm³/mol. The lowest BCUT2D eigenvalue weighted by Crippen LogP contribution is -2.02. The van der Waals surface area contributed by atoms with Gasteiger partial charge in [-0.05, 0) is 30.3 Å². The summed E-state index contributed by atoms with van der Waals surface area (Å²) >= 11 is 3.31. The number of ether oxygens (including phenoxy) is 1. The molecule has 0 aliphatic heterocycles. The van der Waals surface area contributed by atoms with Gasteiger partial charge in [-0.2, -0.15) is 0 Å². The summed E-state index contributed by atoms with van der Waals surface area (Å²) in [5.74, 6) is -1.13. The van der Waals surface area contributed by atoms with Crippen LogP contribution < -0.4 is 4.74 Å². The molecule has 0 spiro atoms. The van der Waals surface area contributed by atoms with Crippen LogP contribution >= 0.6 is 15.9 Å². The van der Waals surface area contributed by atoms with Gasteiger partial charge in [0.15, 0.2) is 0 Å². The molecule has 98 valence electrons. The van der Waals surface area contributed by atoms with Crippen molar-refractivity contribution in [1.29, 1.82) is 0 Å². The highest BCUT2D eigenvalue weighted by atomic mass is 79.9. The van der Waals surface area contributed by atoms with Crippen LogP contribution in [0.25, 0.3) is 0 Å². The Morgan fingerprint density at radius 3 is 2.68 bits per heavy atom. The van der Waals surface area contributed by atoms with Gasteiger partial charge in [-0.3, -0.25) is 0 Å². The van der Waals surface area contributed by atoms with E-state index in [0.29, 0.717) is 11.3 Å². The summed E-state index contributed by atoms with van der Waals surface area (Å²) < 4.78 is 19.9. The zero-order valence-electron chi connectivity index (χ0n) is 9.77. The molecule has 0 heterocycles. The van der Waals surface area contributed by atoms with E-state index in [9.17, 15) is 9.18 Å². The Morgan fingerprint density at radius 1 is 1.26 bits per heavy atom. The van der Waals surface area contributed by atoms with Gasteiger partial charge in [0.1, 0.15) is 18.2 Å². The fourth-order valence-corrected chi connectivity index (χ4v) is 1.89. The van der Waals surface area contributed by atoms with E-state index in [1.807, 2.05) is 12.1 Å². The fraction of sp³-hybridized carbons (Fsp3) is 0.0714. The van der Waals surface area contributed by atoms with Gasteiger partial charge in [0.05, 0.1) is 5.56 Å². The van der Waals surface area contributed by atoms with E-state index in [1.54, 1.807) is 12.1 Å². The zero-order chi connectivity index (χ0) is 13.8. The minimum atomic E-state index is -1.15. The molecule has 0 amide bonds. The summed E-state index contributed by atoms with van der Waals surface area (Å²) in [7, 11) is 0. The van der Waals surface area contributed by atoms with Crippen molar-refractivity contribution < 1.29 is 19.0 Å². The number of carbonyl (C=O) groups is 1. The van der Waals surface area contributed by atoms with Gasteiger partial charge in [0.25, 0.3) is 0 Å². The Bertz CT molecular complexity index is 613. The molecule has 2 rings (SSSR count). The maximum Gasteiger partial charge on any atom is 0.335 e. The highest BCUT2D eigenvalue weighted by molar-refractivity contribution is 9.10.